The third kappa shape index (κ3) is 3.68. The molecular formula is C20H11F5N8O. The number of hydrogen-bond acceptors (Lipinski definition) is 7. The Morgan fingerprint density at radius 2 is 1.85 bits per heavy atom. The fourth-order valence-corrected chi connectivity index (χ4v) is 3.29. The van der Waals surface area contributed by atoms with Crippen molar-refractivity contribution in [2.24, 2.45) is 0 Å². The van der Waals surface area contributed by atoms with Crippen LogP contribution < -0.4 is 10.9 Å². The monoisotopic (exact) mass is 474 g/mol. The first kappa shape index (κ1) is 21.4. The predicted octanol–water partition coefficient (Wildman–Crippen LogP) is 4.05. The molecule has 0 amide bonds. The Kier molecular flexibility index (Phi) is 4.92. The maximum absolute atomic E-state index is 13.7. The van der Waals surface area contributed by atoms with Crippen LogP contribution in [-0.4, -0.2) is 34.3 Å². The largest absolute Gasteiger partial charge is 0.418 e. The van der Waals surface area contributed by atoms with Crippen LogP contribution in [0.3, 0.4) is 0 Å². The number of rotatable bonds is 4. The third-order valence-corrected chi connectivity index (χ3v) is 4.80. The Balaban J connectivity index is 1.79. The van der Waals surface area contributed by atoms with Gasteiger partial charge in [0, 0.05) is 17.8 Å². The molecule has 34 heavy (non-hydrogen) atoms. The van der Waals surface area contributed by atoms with E-state index in [0.29, 0.717) is 4.68 Å². The number of nitrogens with zero attached hydrogens (tertiary/aromatic N) is 7. The van der Waals surface area contributed by atoms with Gasteiger partial charge in [-0.2, -0.15) is 31.6 Å². The molecule has 0 saturated carbocycles. The molecule has 1 aromatic carbocycles. The van der Waals surface area contributed by atoms with Crippen LogP contribution in [-0.2, 0) is 6.18 Å². The van der Waals surface area contributed by atoms with Crippen molar-refractivity contribution in [3.8, 4) is 11.4 Å². The minimum absolute atomic E-state index is 0.0134. The highest BCUT2D eigenvalue weighted by molar-refractivity contribution is 5.95. The van der Waals surface area contributed by atoms with Crippen LogP contribution in [0, 0.1) is 0 Å². The Morgan fingerprint density at radius 3 is 2.59 bits per heavy atom. The van der Waals surface area contributed by atoms with Crippen LogP contribution in [0.25, 0.3) is 27.9 Å². The van der Waals surface area contributed by atoms with Crippen LogP contribution >= 0.6 is 0 Å². The van der Waals surface area contributed by atoms with E-state index in [1.54, 1.807) is 0 Å². The predicted molar refractivity (Wildman–Crippen MR) is 110 cm³/mol. The SMILES string of the molecule is O=c1nccccc1Nc1nc2c(C(F)(F)F)cccc2c2nc(-c3cnn(C(F)F)c3)nn12. The topological polar surface area (TPSA) is 103 Å². The van der Waals surface area contributed by atoms with Crippen molar-refractivity contribution >= 4 is 28.2 Å². The van der Waals surface area contributed by atoms with Gasteiger partial charge in [-0.15, -0.1) is 5.10 Å². The molecule has 0 bridgehead atoms. The number of nitrogens with one attached hydrogen (secondary N) is 1. The highest BCUT2D eigenvalue weighted by Gasteiger charge is 2.34. The molecule has 0 radical (unpaired) electrons. The van der Waals surface area contributed by atoms with Crippen molar-refractivity contribution in [2.45, 2.75) is 12.7 Å². The number of halogens is 5. The van der Waals surface area contributed by atoms with Crippen LogP contribution in [0.2, 0.25) is 0 Å². The number of fused-ring (bicyclic) bond motifs is 3. The molecule has 5 rings (SSSR count). The molecule has 172 valence electrons. The van der Waals surface area contributed by atoms with Crippen LogP contribution in [0.1, 0.15) is 12.1 Å². The number of benzene rings is 1. The first-order chi connectivity index (χ1) is 16.2. The van der Waals surface area contributed by atoms with Crippen molar-refractivity contribution in [1.29, 1.82) is 0 Å². The summed E-state index contributed by atoms with van der Waals surface area (Å²) in [5.74, 6) is -0.343. The van der Waals surface area contributed by atoms with Crippen molar-refractivity contribution in [2.75, 3.05) is 5.32 Å². The van der Waals surface area contributed by atoms with Crippen LogP contribution in [0.4, 0.5) is 33.6 Å². The minimum atomic E-state index is -4.73. The molecule has 0 unspecified atom stereocenters. The normalized spacial score (nSPS) is 12.1. The van der Waals surface area contributed by atoms with Gasteiger partial charge in [-0.1, -0.05) is 12.1 Å². The van der Waals surface area contributed by atoms with Crippen LogP contribution in [0.15, 0.2) is 59.8 Å². The lowest BCUT2D eigenvalue weighted by Gasteiger charge is -2.12. The van der Waals surface area contributed by atoms with E-state index in [2.05, 4.69) is 30.5 Å². The van der Waals surface area contributed by atoms with Gasteiger partial charge in [0.2, 0.25) is 5.95 Å². The van der Waals surface area contributed by atoms with E-state index in [1.807, 2.05) is 0 Å². The van der Waals surface area contributed by atoms with Gasteiger partial charge in [0.05, 0.1) is 22.8 Å². The molecule has 0 saturated heterocycles. The van der Waals surface area contributed by atoms with Crippen molar-refractivity contribution in [1.82, 2.24) is 34.3 Å². The van der Waals surface area contributed by atoms with Gasteiger partial charge in [-0.05, 0) is 24.3 Å². The Bertz CT molecular complexity index is 1590. The van der Waals surface area contributed by atoms with E-state index in [4.69, 9.17) is 0 Å². The molecule has 4 aromatic heterocycles. The standard InChI is InChI=1S/C20H11F5N8O/c21-18(22)32-9-10(8-27-32)15-30-16-11-4-3-5-12(20(23,24)25)14(11)29-19(33(16)31-15)28-13-6-1-2-7-26-17(13)34/h1-9,18H,(H,26,28,29,34). The summed E-state index contributed by atoms with van der Waals surface area (Å²) in [7, 11) is 0. The zero-order valence-electron chi connectivity index (χ0n) is 16.7. The maximum Gasteiger partial charge on any atom is 0.418 e. The van der Waals surface area contributed by atoms with Gasteiger partial charge < -0.3 is 5.32 Å². The number of aromatic nitrogens is 7. The van der Waals surface area contributed by atoms with E-state index in [0.717, 1.165) is 23.0 Å². The number of anilines is 2. The highest BCUT2D eigenvalue weighted by atomic mass is 19.4. The lowest BCUT2D eigenvalue weighted by Crippen LogP contribution is -2.13. The second-order valence-corrected chi connectivity index (χ2v) is 6.97. The van der Waals surface area contributed by atoms with E-state index < -0.39 is 29.4 Å². The summed E-state index contributed by atoms with van der Waals surface area (Å²) in [6.07, 6.45) is -1.37. The van der Waals surface area contributed by atoms with Gasteiger partial charge in [-0.3, -0.25) is 4.79 Å². The van der Waals surface area contributed by atoms with Crippen LogP contribution in [0.5, 0.6) is 0 Å². The summed E-state index contributed by atoms with van der Waals surface area (Å²) >= 11 is 0. The van der Waals surface area contributed by atoms with Gasteiger partial charge in [0.15, 0.2) is 11.5 Å². The summed E-state index contributed by atoms with van der Waals surface area (Å²) in [5.41, 5.74) is -2.17. The Morgan fingerprint density at radius 1 is 1.03 bits per heavy atom. The molecule has 1 N–H and O–H groups in total. The number of alkyl halides is 5. The minimum Gasteiger partial charge on any atom is -0.319 e. The Hall–Kier alpha value is -4.49. The lowest BCUT2D eigenvalue weighted by atomic mass is 10.1. The summed E-state index contributed by atoms with van der Waals surface area (Å²) in [4.78, 5) is 24.2. The molecule has 4 heterocycles. The fourth-order valence-electron chi connectivity index (χ4n) is 3.29. The molecule has 0 aliphatic heterocycles. The van der Waals surface area contributed by atoms with Gasteiger partial charge >= 0.3 is 12.7 Å². The molecule has 0 atom stereocenters. The molecule has 0 fully saturated rings. The molecule has 0 aliphatic rings. The van der Waals surface area contributed by atoms with Crippen molar-refractivity contribution < 1.29 is 22.0 Å². The average Bonchev–Trinajstić information content (AvgIpc) is 3.40. The quantitative estimate of drug-likeness (QED) is 0.392. The Labute approximate surface area is 185 Å². The average molecular weight is 474 g/mol. The molecule has 14 heteroatoms. The lowest BCUT2D eigenvalue weighted by molar-refractivity contribution is -0.136. The summed E-state index contributed by atoms with van der Waals surface area (Å²) in [6, 6.07) is 7.80. The van der Waals surface area contributed by atoms with E-state index in [9.17, 15) is 26.7 Å². The molecule has 0 spiro atoms. The van der Waals surface area contributed by atoms with E-state index in [-0.39, 0.29) is 34.1 Å². The number of para-hydroxylation sites is 1. The van der Waals surface area contributed by atoms with E-state index in [1.165, 1.54) is 36.5 Å². The summed E-state index contributed by atoms with van der Waals surface area (Å²) in [6.45, 7) is -2.90. The van der Waals surface area contributed by atoms with Gasteiger partial charge in [0.1, 0.15) is 5.69 Å². The molecule has 0 aliphatic carbocycles. The molecule has 5 aromatic rings. The second-order valence-electron chi connectivity index (χ2n) is 6.97. The smallest absolute Gasteiger partial charge is 0.319 e. The number of hydrogen-bond donors (Lipinski definition) is 1. The fraction of sp³-hybridized carbons (Fsp3) is 0.100. The van der Waals surface area contributed by atoms with Crippen molar-refractivity contribution in [3.63, 3.8) is 0 Å². The molecule has 9 nitrogen and oxygen atoms in total. The maximum atomic E-state index is 13.7. The summed E-state index contributed by atoms with van der Waals surface area (Å²) in [5, 5.41) is 10.4. The van der Waals surface area contributed by atoms with Gasteiger partial charge in [-0.25, -0.2) is 19.6 Å². The second kappa shape index (κ2) is 7.83. The zero-order valence-corrected chi connectivity index (χ0v) is 16.7. The zero-order chi connectivity index (χ0) is 24.0. The van der Waals surface area contributed by atoms with Crippen molar-refractivity contribution in [3.05, 3.63) is 70.9 Å². The first-order valence-corrected chi connectivity index (χ1v) is 9.54. The first-order valence-electron chi connectivity index (χ1n) is 9.54. The van der Waals surface area contributed by atoms with E-state index >= 15 is 0 Å². The molecular weight excluding hydrogens is 463 g/mol. The highest BCUT2D eigenvalue weighted by Crippen LogP contribution is 2.36. The summed E-state index contributed by atoms with van der Waals surface area (Å²) < 4.78 is 68.4. The van der Waals surface area contributed by atoms with Gasteiger partial charge in [0.25, 0.3) is 5.56 Å². The third-order valence-electron chi connectivity index (χ3n) is 4.80.